The van der Waals surface area contributed by atoms with E-state index in [1.165, 1.54) is 5.56 Å². The smallest absolute Gasteiger partial charge is 0.326 e. The third kappa shape index (κ3) is 2.19. The summed E-state index contributed by atoms with van der Waals surface area (Å²) in [7, 11) is 0. The summed E-state index contributed by atoms with van der Waals surface area (Å²) in [6.45, 7) is 0.650. The lowest BCUT2D eigenvalue weighted by Gasteiger charge is -2.36. The van der Waals surface area contributed by atoms with E-state index in [0.717, 1.165) is 11.3 Å². The summed E-state index contributed by atoms with van der Waals surface area (Å²) in [5.74, 6) is -0.765. The van der Waals surface area contributed by atoms with Gasteiger partial charge >= 0.3 is 5.97 Å². The number of hydrogen-bond donors (Lipinski definition) is 1. The van der Waals surface area contributed by atoms with E-state index in [-0.39, 0.29) is 0 Å². The minimum Gasteiger partial charge on any atom is -0.480 e. The zero-order chi connectivity index (χ0) is 13.2. The fourth-order valence-corrected chi connectivity index (χ4v) is 2.63. The van der Waals surface area contributed by atoms with E-state index in [1.54, 1.807) is 0 Å². The topological polar surface area (TPSA) is 40.5 Å². The molecular formula is C16H15NO2. The van der Waals surface area contributed by atoms with Gasteiger partial charge in [0.25, 0.3) is 0 Å². The number of carboxylic acid groups (broad SMARTS) is 1. The molecule has 0 bridgehead atoms. The Balaban J connectivity index is 2.01. The maximum absolute atomic E-state index is 11.5. The number of carbonyl (C=O) groups is 1. The minimum absolute atomic E-state index is 0.489. The molecule has 0 saturated carbocycles. The zero-order valence-electron chi connectivity index (χ0n) is 10.5. The van der Waals surface area contributed by atoms with Gasteiger partial charge in [0.1, 0.15) is 6.04 Å². The normalized spacial score (nSPS) is 17.9. The van der Waals surface area contributed by atoms with Crippen LogP contribution >= 0.6 is 0 Å². The fraction of sp³-hybridized carbons (Fsp3) is 0.188. The van der Waals surface area contributed by atoms with E-state index >= 15 is 0 Å². The van der Waals surface area contributed by atoms with Crippen molar-refractivity contribution in [2.75, 3.05) is 4.90 Å². The third-order valence-electron chi connectivity index (χ3n) is 3.62. The highest BCUT2D eigenvalue weighted by Crippen LogP contribution is 2.28. The molecule has 1 aliphatic rings. The molecule has 1 aliphatic heterocycles. The van der Waals surface area contributed by atoms with E-state index < -0.39 is 12.0 Å². The lowest BCUT2D eigenvalue weighted by atomic mass is 9.93. The first kappa shape index (κ1) is 11.8. The highest BCUT2D eigenvalue weighted by molar-refractivity contribution is 5.79. The molecule has 0 radical (unpaired) electrons. The molecule has 0 aromatic heterocycles. The number of benzene rings is 2. The Kier molecular flexibility index (Phi) is 2.95. The van der Waals surface area contributed by atoms with Crippen LogP contribution in [0.1, 0.15) is 11.1 Å². The number of nitrogens with zero attached hydrogens (tertiary/aromatic N) is 1. The van der Waals surface area contributed by atoms with Gasteiger partial charge in [0, 0.05) is 18.7 Å². The van der Waals surface area contributed by atoms with Crippen molar-refractivity contribution in [2.24, 2.45) is 0 Å². The lowest BCUT2D eigenvalue weighted by molar-refractivity contribution is -0.138. The molecule has 0 amide bonds. The number of para-hydroxylation sites is 1. The average Bonchev–Trinajstić information content (AvgIpc) is 2.46. The molecule has 3 rings (SSSR count). The molecule has 1 heterocycles. The van der Waals surface area contributed by atoms with Gasteiger partial charge in [-0.3, -0.25) is 0 Å². The Labute approximate surface area is 112 Å². The van der Waals surface area contributed by atoms with Crippen LogP contribution in [0, 0.1) is 0 Å². The number of aliphatic carboxylic acids is 1. The second-order valence-electron chi connectivity index (χ2n) is 4.79. The Hall–Kier alpha value is -2.29. The van der Waals surface area contributed by atoms with Crippen LogP contribution in [-0.4, -0.2) is 17.1 Å². The molecule has 3 heteroatoms. The van der Waals surface area contributed by atoms with Crippen molar-refractivity contribution in [1.82, 2.24) is 0 Å². The van der Waals surface area contributed by atoms with E-state index in [4.69, 9.17) is 0 Å². The van der Waals surface area contributed by atoms with Crippen LogP contribution in [0.25, 0.3) is 0 Å². The summed E-state index contributed by atoms with van der Waals surface area (Å²) in [6.07, 6.45) is 0.556. The van der Waals surface area contributed by atoms with Crippen LogP contribution in [0.3, 0.4) is 0 Å². The van der Waals surface area contributed by atoms with Crippen molar-refractivity contribution >= 4 is 11.7 Å². The van der Waals surface area contributed by atoms with Gasteiger partial charge in [-0.1, -0.05) is 42.5 Å². The molecule has 19 heavy (non-hydrogen) atoms. The van der Waals surface area contributed by atoms with Crippen molar-refractivity contribution in [3.63, 3.8) is 0 Å². The van der Waals surface area contributed by atoms with E-state index in [9.17, 15) is 9.90 Å². The monoisotopic (exact) mass is 253 g/mol. The van der Waals surface area contributed by atoms with E-state index in [0.29, 0.717) is 13.0 Å². The summed E-state index contributed by atoms with van der Waals surface area (Å²) >= 11 is 0. The highest BCUT2D eigenvalue weighted by Gasteiger charge is 2.31. The first-order valence-corrected chi connectivity index (χ1v) is 6.37. The lowest BCUT2D eigenvalue weighted by Crippen LogP contribution is -2.45. The second kappa shape index (κ2) is 4.76. The van der Waals surface area contributed by atoms with Crippen molar-refractivity contribution < 1.29 is 9.90 Å². The Morgan fingerprint density at radius 3 is 2.32 bits per heavy atom. The SMILES string of the molecule is O=C(O)[C@@H]1Cc2ccccc2CN1c1ccccc1. The summed E-state index contributed by atoms with van der Waals surface area (Å²) in [5.41, 5.74) is 3.32. The van der Waals surface area contributed by atoms with Crippen molar-refractivity contribution in [1.29, 1.82) is 0 Å². The van der Waals surface area contributed by atoms with Gasteiger partial charge in [0.2, 0.25) is 0 Å². The number of rotatable bonds is 2. The van der Waals surface area contributed by atoms with Crippen LogP contribution < -0.4 is 4.90 Å². The van der Waals surface area contributed by atoms with Crippen LogP contribution in [0.4, 0.5) is 5.69 Å². The van der Waals surface area contributed by atoms with Gasteiger partial charge in [0.05, 0.1) is 0 Å². The Morgan fingerprint density at radius 2 is 1.63 bits per heavy atom. The molecule has 0 saturated heterocycles. The second-order valence-corrected chi connectivity index (χ2v) is 4.79. The van der Waals surface area contributed by atoms with Gasteiger partial charge in [-0.25, -0.2) is 4.79 Å². The highest BCUT2D eigenvalue weighted by atomic mass is 16.4. The quantitative estimate of drug-likeness (QED) is 0.894. The minimum atomic E-state index is -0.765. The summed E-state index contributed by atoms with van der Waals surface area (Å²) < 4.78 is 0. The maximum Gasteiger partial charge on any atom is 0.326 e. The molecule has 1 N–H and O–H groups in total. The van der Waals surface area contributed by atoms with Gasteiger partial charge < -0.3 is 10.0 Å². The van der Waals surface area contributed by atoms with Gasteiger partial charge in [-0.05, 0) is 23.3 Å². The van der Waals surface area contributed by atoms with Crippen LogP contribution in [-0.2, 0) is 17.8 Å². The molecular weight excluding hydrogens is 238 g/mol. The largest absolute Gasteiger partial charge is 0.480 e. The zero-order valence-corrected chi connectivity index (χ0v) is 10.5. The number of carboxylic acids is 1. The molecule has 1 atom stereocenters. The first-order valence-electron chi connectivity index (χ1n) is 6.37. The molecule has 0 fully saturated rings. The molecule has 2 aromatic rings. The summed E-state index contributed by atoms with van der Waals surface area (Å²) in [5, 5.41) is 9.45. The molecule has 0 spiro atoms. The summed E-state index contributed by atoms with van der Waals surface area (Å²) in [6, 6.07) is 17.3. The van der Waals surface area contributed by atoms with Crippen LogP contribution in [0.5, 0.6) is 0 Å². The predicted molar refractivity (Wildman–Crippen MR) is 74.2 cm³/mol. The van der Waals surface area contributed by atoms with Gasteiger partial charge in [0.15, 0.2) is 0 Å². The Morgan fingerprint density at radius 1 is 1.00 bits per heavy atom. The van der Waals surface area contributed by atoms with E-state index in [2.05, 4.69) is 6.07 Å². The Bertz CT molecular complexity index is 595. The standard InChI is InChI=1S/C16H15NO2/c18-16(19)15-10-12-6-4-5-7-13(12)11-17(15)14-8-2-1-3-9-14/h1-9,15H,10-11H2,(H,18,19)/t15-/m0/s1. The maximum atomic E-state index is 11.5. The van der Waals surface area contributed by atoms with Gasteiger partial charge in [-0.15, -0.1) is 0 Å². The van der Waals surface area contributed by atoms with Gasteiger partial charge in [-0.2, -0.15) is 0 Å². The molecule has 0 unspecified atom stereocenters. The fourth-order valence-electron chi connectivity index (χ4n) is 2.63. The van der Waals surface area contributed by atoms with Crippen LogP contribution in [0.15, 0.2) is 54.6 Å². The summed E-state index contributed by atoms with van der Waals surface area (Å²) in [4.78, 5) is 13.5. The van der Waals surface area contributed by atoms with Crippen LogP contribution in [0.2, 0.25) is 0 Å². The van der Waals surface area contributed by atoms with Crippen molar-refractivity contribution in [3.05, 3.63) is 65.7 Å². The van der Waals surface area contributed by atoms with Crippen molar-refractivity contribution in [3.8, 4) is 0 Å². The average molecular weight is 253 g/mol. The molecule has 2 aromatic carbocycles. The number of fused-ring (bicyclic) bond motifs is 1. The van der Waals surface area contributed by atoms with E-state index in [1.807, 2.05) is 53.4 Å². The number of anilines is 1. The number of hydrogen-bond acceptors (Lipinski definition) is 2. The van der Waals surface area contributed by atoms with Crippen molar-refractivity contribution in [2.45, 2.75) is 19.0 Å². The first-order chi connectivity index (χ1) is 9.25. The molecule has 96 valence electrons. The third-order valence-corrected chi connectivity index (χ3v) is 3.62. The molecule has 3 nitrogen and oxygen atoms in total. The predicted octanol–water partition coefficient (Wildman–Crippen LogP) is 2.70. The molecule has 0 aliphatic carbocycles.